The molecule has 0 aromatic heterocycles. The molecule has 0 saturated carbocycles. The van der Waals surface area contributed by atoms with Crippen molar-refractivity contribution >= 4 is 23.9 Å². The Hall–Kier alpha value is -1.06. The van der Waals surface area contributed by atoms with Crippen LogP contribution in [0.1, 0.15) is 20.8 Å². The smallest absolute Gasteiger partial charge is 0.413 e. The largest absolute Gasteiger partial charge is 0.456 e. The summed E-state index contributed by atoms with van der Waals surface area (Å²) < 4.78 is 4.94. The third-order valence-electron chi connectivity index (χ3n) is 1.94. The van der Waals surface area contributed by atoms with Crippen molar-refractivity contribution < 1.29 is 14.3 Å². The zero-order valence-corrected chi connectivity index (χ0v) is 10.7. The SMILES string of the molecule is C/C=C/CS[C@@H](COC(=O)C=[N+]=[N-])C(C)C. The van der Waals surface area contributed by atoms with Crippen LogP contribution < -0.4 is 0 Å². The van der Waals surface area contributed by atoms with Crippen LogP contribution in [0.2, 0.25) is 0 Å². The number of allylic oxidation sites excluding steroid dienone is 1. The maximum Gasteiger partial charge on any atom is 0.413 e. The van der Waals surface area contributed by atoms with Gasteiger partial charge >= 0.3 is 12.2 Å². The number of hydrogen-bond acceptors (Lipinski definition) is 3. The second-order valence-electron chi connectivity index (χ2n) is 3.56. The summed E-state index contributed by atoms with van der Waals surface area (Å²) >= 11 is 1.74. The summed E-state index contributed by atoms with van der Waals surface area (Å²) in [6.07, 6.45) is 4.82. The Bertz CT molecular complexity index is 284. The van der Waals surface area contributed by atoms with Crippen molar-refractivity contribution in [1.29, 1.82) is 0 Å². The molecule has 90 valence electrons. The predicted octanol–water partition coefficient (Wildman–Crippen LogP) is 2.16. The minimum absolute atomic E-state index is 0.257. The highest BCUT2D eigenvalue weighted by molar-refractivity contribution is 8.00. The van der Waals surface area contributed by atoms with Crippen molar-refractivity contribution in [3.05, 3.63) is 17.7 Å². The lowest BCUT2D eigenvalue weighted by atomic mass is 10.1. The molecular weight excluding hydrogens is 224 g/mol. The van der Waals surface area contributed by atoms with E-state index in [4.69, 9.17) is 10.3 Å². The number of esters is 1. The topological polar surface area (TPSA) is 62.7 Å². The van der Waals surface area contributed by atoms with E-state index < -0.39 is 5.97 Å². The molecule has 0 aliphatic rings. The van der Waals surface area contributed by atoms with Gasteiger partial charge < -0.3 is 10.3 Å². The van der Waals surface area contributed by atoms with E-state index in [1.54, 1.807) is 11.8 Å². The van der Waals surface area contributed by atoms with Crippen molar-refractivity contribution in [1.82, 2.24) is 0 Å². The van der Waals surface area contributed by atoms with Crippen LogP contribution in [-0.2, 0) is 9.53 Å². The van der Waals surface area contributed by atoms with Crippen LogP contribution in [0.5, 0.6) is 0 Å². The van der Waals surface area contributed by atoms with E-state index in [2.05, 4.69) is 24.7 Å². The fourth-order valence-corrected chi connectivity index (χ4v) is 2.06. The van der Waals surface area contributed by atoms with Gasteiger partial charge in [0.2, 0.25) is 0 Å². The molecule has 0 radical (unpaired) electrons. The standard InChI is InChI=1S/C11H18N2O2S/c1-4-5-6-16-10(9(2)3)8-15-11(14)7-13-12/h4-5,7,9-10H,6,8H2,1-3H3/b5-4+/t10-/m0/s1. The Labute approximate surface area is 101 Å². The first kappa shape index (κ1) is 14.9. The second kappa shape index (κ2) is 9.19. The number of hydrogen-bond donors (Lipinski definition) is 0. The molecule has 4 nitrogen and oxygen atoms in total. The van der Waals surface area contributed by atoms with Gasteiger partial charge in [0, 0.05) is 11.0 Å². The maximum atomic E-state index is 10.9. The minimum atomic E-state index is -0.611. The summed E-state index contributed by atoms with van der Waals surface area (Å²) in [6.45, 7) is 6.48. The van der Waals surface area contributed by atoms with Crippen LogP contribution in [0.4, 0.5) is 0 Å². The fraction of sp³-hybridized carbons (Fsp3) is 0.636. The van der Waals surface area contributed by atoms with E-state index in [0.29, 0.717) is 12.5 Å². The zero-order chi connectivity index (χ0) is 12.4. The molecule has 0 fully saturated rings. The van der Waals surface area contributed by atoms with Crippen LogP contribution in [0, 0.1) is 5.92 Å². The maximum absolute atomic E-state index is 10.9. The van der Waals surface area contributed by atoms with Gasteiger partial charge in [-0.1, -0.05) is 26.0 Å². The van der Waals surface area contributed by atoms with Crippen molar-refractivity contribution in [2.45, 2.75) is 26.0 Å². The molecule has 0 unspecified atom stereocenters. The average molecular weight is 242 g/mol. The highest BCUT2D eigenvalue weighted by Gasteiger charge is 2.16. The first-order valence-corrected chi connectivity index (χ1v) is 6.23. The van der Waals surface area contributed by atoms with Crippen molar-refractivity contribution in [2.75, 3.05) is 12.4 Å². The van der Waals surface area contributed by atoms with Crippen molar-refractivity contribution in [3.8, 4) is 0 Å². The Kier molecular flexibility index (Phi) is 8.58. The van der Waals surface area contributed by atoms with Gasteiger partial charge in [0.05, 0.1) is 0 Å². The average Bonchev–Trinajstić information content (AvgIpc) is 2.23. The third-order valence-corrected chi connectivity index (χ3v) is 3.43. The Balaban J connectivity index is 4.03. The molecule has 0 rings (SSSR count). The molecule has 0 amide bonds. The summed E-state index contributed by atoms with van der Waals surface area (Å²) in [5.74, 6) is 0.722. The predicted molar refractivity (Wildman–Crippen MR) is 66.5 cm³/mol. The van der Waals surface area contributed by atoms with Crippen molar-refractivity contribution in [3.63, 3.8) is 0 Å². The van der Waals surface area contributed by atoms with E-state index in [-0.39, 0.29) is 5.25 Å². The van der Waals surface area contributed by atoms with Crippen LogP contribution >= 0.6 is 11.8 Å². The molecule has 0 aliphatic heterocycles. The monoisotopic (exact) mass is 242 g/mol. The molecule has 0 spiro atoms. The van der Waals surface area contributed by atoms with Gasteiger partial charge in [-0.25, -0.2) is 4.79 Å². The Morgan fingerprint density at radius 2 is 2.25 bits per heavy atom. The lowest BCUT2D eigenvalue weighted by Gasteiger charge is -2.18. The summed E-state index contributed by atoms with van der Waals surface area (Å²) in [6, 6.07) is 0. The molecule has 0 heterocycles. The first-order valence-electron chi connectivity index (χ1n) is 5.18. The van der Waals surface area contributed by atoms with Gasteiger partial charge in [-0.15, -0.1) is 0 Å². The molecule has 0 aromatic carbocycles. The molecule has 5 heteroatoms. The van der Waals surface area contributed by atoms with Gasteiger partial charge in [-0.2, -0.15) is 16.6 Å². The molecule has 16 heavy (non-hydrogen) atoms. The quantitative estimate of drug-likeness (QED) is 0.226. The fourth-order valence-electron chi connectivity index (χ4n) is 0.957. The van der Waals surface area contributed by atoms with Crippen LogP contribution in [0.25, 0.3) is 5.53 Å². The molecule has 0 bridgehead atoms. The molecule has 0 saturated heterocycles. The lowest BCUT2D eigenvalue weighted by Crippen LogP contribution is -2.22. The number of nitrogens with zero attached hydrogens (tertiary/aromatic N) is 2. The summed E-state index contributed by atoms with van der Waals surface area (Å²) in [5, 5.41) is 0.257. The van der Waals surface area contributed by atoms with E-state index in [1.807, 2.05) is 13.0 Å². The first-order chi connectivity index (χ1) is 7.61. The zero-order valence-electron chi connectivity index (χ0n) is 9.92. The minimum Gasteiger partial charge on any atom is -0.456 e. The number of carbonyl (C=O) groups excluding carboxylic acids is 1. The lowest BCUT2D eigenvalue weighted by molar-refractivity contribution is -0.139. The molecule has 0 aliphatic carbocycles. The number of rotatable bonds is 7. The van der Waals surface area contributed by atoms with Crippen LogP contribution in [0.3, 0.4) is 0 Å². The number of carbonyl (C=O) groups is 1. The van der Waals surface area contributed by atoms with Gasteiger partial charge in [-0.3, -0.25) is 0 Å². The van der Waals surface area contributed by atoms with Crippen LogP contribution in [-0.4, -0.2) is 34.6 Å². The van der Waals surface area contributed by atoms with Gasteiger partial charge in [0.25, 0.3) is 0 Å². The van der Waals surface area contributed by atoms with Gasteiger partial charge in [-0.05, 0) is 12.8 Å². The summed E-state index contributed by atoms with van der Waals surface area (Å²) in [5.41, 5.74) is 8.14. The number of thioether (sulfide) groups is 1. The van der Waals surface area contributed by atoms with E-state index in [0.717, 1.165) is 12.0 Å². The highest BCUT2D eigenvalue weighted by atomic mass is 32.2. The summed E-state index contributed by atoms with van der Waals surface area (Å²) in [4.78, 5) is 13.6. The normalized spacial score (nSPS) is 12.5. The molecular formula is C11H18N2O2S. The van der Waals surface area contributed by atoms with E-state index in [9.17, 15) is 4.79 Å². The molecule has 1 atom stereocenters. The highest BCUT2D eigenvalue weighted by Crippen LogP contribution is 2.19. The molecule has 0 aromatic rings. The van der Waals surface area contributed by atoms with Gasteiger partial charge in [0.15, 0.2) is 0 Å². The van der Waals surface area contributed by atoms with Crippen molar-refractivity contribution in [2.24, 2.45) is 5.92 Å². The van der Waals surface area contributed by atoms with Crippen LogP contribution in [0.15, 0.2) is 12.2 Å². The number of ether oxygens (including phenoxy) is 1. The van der Waals surface area contributed by atoms with E-state index >= 15 is 0 Å². The second-order valence-corrected chi connectivity index (χ2v) is 4.83. The van der Waals surface area contributed by atoms with E-state index in [1.165, 1.54) is 0 Å². The third kappa shape index (κ3) is 7.26. The molecule has 0 N–H and O–H groups in total. The Morgan fingerprint density at radius 3 is 2.75 bits per heavy atom. The Morgan fingerprint density at radius 1 is 1.56 bits per heavy atom. The van der Waals surface area contributed by atoms with Gasteiger partial charge in [0.1, 0.15) is 6.61 Å². The summed E-state index contributed by atoms with van der Waals surface area (Å²) in [7, 11) is 0.